The van der Waals surface area contributed by atoms with Crippen LogP contribution in [0.3, 0.4) is 0 Å². The Labute approximate surface area is 137 Å². The molecule has 1 aliphatic rings. The van der Waals surface area contributed by atoms with E-state index in [1.165, 1.54) is 18.4 Å². The summed E-state index contributed by atoms with van der Waals surface area (Å²) in [4.78, 5) is 3.98. The molecule has 3 rings (SSSR count). The average molecular weight is 369 g/mol. The lowest BCUT2D eigenvalue weighted by molar-refractivity contribution is 0.108. The smallest absolute Gasteiger partial charge is 0.171 e. The Balaban J connectivity index is 1.62. The maximum atomic E-state index is 10.2. The lowest BCUT2D eigenvalue weighted by atomic mass is 10.1. The minimum atomic E-state index is -0.687. The van der Waals surface area contributed by atoms with Crippen molar-refractivity contribution in [1.82, 2.24) is 4.98 Å². The summed E-state index contributed by atoms with van der Waals surface area (Å²) < 4.78 is 6.33. The van der Waals surface area contributed by atoms with Crippen molar-refractivity contribution in [2.75, 3.05) is 6.61 Å². The zero-order chi connectivity index (χ0) is 14.8. The van der Waals surface area contributed by atoms with Gasteiger partial charge in [0.2, 0.25) is 0 Å². The molecule has 0 bridgehead atoms. The second kappa shape index (κ2) is 6.34. The van der Waals surface area contributed by atoms with Crippen LogP contribution >= 0.6 is 27.5 Å². The van der Waals surface area contributed by atoms with Gasteiger partial charge in [0.15, 0.2) is 10.9 Å². The minimum absolute atomic E-state index is 0.140. The van der Waals surface area contributed by atoms with Gasteiger partial charge in [-0.1, -0.05) is 35.9 Å². The summed E-state index contributed by atoms with van der Waals surface area (Å²) in [5, 5.41) is 10.5. The molecule has 5 heteroatoms. The Kier molecular flexibility index (Phi) is 4.48. The predicted octanol–water partition coefficient (Wildman–Crippen LogP) is 4.49. The Morgan fingerprint density at radius 2 is 2.05 bits per heavy atom. The highest BCUT2D eigenvalue weighted by Crippen LogP contribution is 2.40. The van der Waals surface area contributed by atoms with Gasteiger partial charge in [-0.3, -0.25) is 0 Å². The first-order valence-corrected chi connectivity index (χ1v) is 8.02. The fourth-order valence-corrected chi connectivity index (χ4v) is 2.65. The molecule has 1 fully saturated rings. The molecule has 21 heavy (non-hydrogen) atoms. The van der Waals surface area contributed by atoms with Crippen molar-refractivity contribution in [3.63, 3.8) is 0 Å². The molecule has 0 saturated heterocycles. The Morgan fingerprint density at radius 1 is 1.33 bits per heavy atom. The highest BCUT2D eigenvalue weighted by Gasteiger charge is 2.23. The molecule has 0 radical (unpaired) electrons. The molecule has 3 nitrogen and oxygen atoms in total. The number of aliphatic hydroxyl groups is 1. The largest absolute Gasteiger partial charge is 0.487 e. The summed E-state index contributed by atoms with van der Waals surface area (Å²) in [5.74, 6) is 1.18. The number of pyridine rings is 1. The number of aliphatic hydroxyl groups excluding tert-OH is 1. The molecule has 0 amide bonds. The van der Waals surface area contributed by atoms with E-state index < -0.39 is 6.10 Å². The maximum Gasteiger partial charge on any atom is 0.171 e. The van der Waals surface area contributed by atoms with Crippen molar-refractivity contribution in [3.8, 4) is 5.75 Å². The zero-order valence-corrected chi connectivity index (χ0v) is 13.6. The Bertz CT molecular complexity index is 629. The van der Waals surface area contributed by atoms with Crippen LogP contribution in [0.1, 0.15) is 36.0 Å². The molecule has 1 aromatic heterocycles. The highest BCUT2D eigenvalue weighted by molar-refractivity contribution is 9.10. The number of hydrogen-bond acceptors (Lipinski definition) is 3. The van der Waals surface area contributed by atoms with E-state index in [1.807, 2.05) is 12.1 Å². The number of hydrogen-bond donors (Lipinski definition) is 1. The average Bonchev–Trinajstić information content (AvgIpc) is 3.33. The van der Waals surface area contributed by atoms with E-state index in [0.717, 1.165) is 16.0 Å². The van der Waals surface area contributed by atoms with Gasteiger partial charge in [0, 0.05) is 10.7 Å². The van der Waals surface area contributed by atoms with E-state index in [4.69, 9.17) is 16.3 Å². The van der Waals surface area contributed by atoms with Crippen LogP contribution in [-0.4, -0.2) is 16.7 Å². The summed E-state index contributed by atoms with van der Waals surface area (Å²) in [6, 6.07) is 9.83. The van der Waals surface area contributed by atoms with E-state index in [-0.39, 0.29) is 11.8 Å². The van der Waals surface area contributed by atoms with Gasteiger partial charge in [0.25, 0.3) is 0 Å². The van der Waals surface area contributed by atoms with Crippen LogP contribution in [0.25, 0.3) is 0 Å². The fourth-order valence-electron chi connectivity index (χ4n) is 2.18. The molecule has 1 unspecified atom stereocenters. The van der Waals surface area contributed by atoms with Gasteiger partial charge < -0.3 is 9.84 Å². The monoisotopic (exact) mass is 367 g/mol. The fraction of sp³-hybridized carbons (Fsp3) is 0.312. The van der Waals surface area contributed by atoms with E-state index in [1.54, 1.807) is 12.3 Å². The predicted molar refractivity (Wildman–Crippen MR) is 85.8 cm³/mol. The number of halogens is 2. The first-order chi connectivity index (χ1) is 10.1. The third kappa shape index (κ3) is 3.76. The standard InChI is InChI=1S/C16H15BrClNO2/c17-13-7-15(16(18)19-8-13)21-9-14(20)12-5-3-11(4-6-12)10-1-2-10/h3-8,10,14,20H,1-2,9H2. The van der Waals surface area contributed by atoms with E-state index in [9.17, 15) is 5.11 Å². The molecule has 0 spiro atoms. The number of benzene rings is 1. The topological polar surface area (TPSA) is 42.4 Å². The van der Waals surface area contributed by atoms with Gasteiger partial charge in [-0.05, 0) is 51.9 Å². The number of rotatable bonds is 5. The molecule has 1 saturated carbocycles. The van der Waals surface area contributed by atoms with Crippen molar-refractivity contribution in [1.29, 1.82) is 0 Å². The van der Waals surface area contributed by atoms with Crippen molar-refractivity contribution >= 4 is 27.5 Å². The molecule has 1 heterocycles. The van der Waals surface area contributed by atoms with Gasteiger partial charge in [0.05, 0.1) is 0 Å². The second-order valence-electron chi connectivity index (χ2n) is 5.21. The quantitative estimate of drug-likeness (QED) is 0.791. The summed E-state index contributed by atoms with van der Waals surface area (Å²) in [6.45, 7) is 0.140. The van der Waals surface area contributed by atoms with Crippen molar-refractivity contribution in [2.45, 2.75) is 24.9 Å². The normalized spacial score (nSPS) is 15.8. The van der Waals surface area contributed by atoms with Gasteiger partial charge in [-0.15, -0.1) is 0 Å². The van der Waals surface area contributed by atoms with Crippen molar-refractivity contribution in [2.24, 2.45) is 0 Å². The van der Waals surface area contributed by atoms with Gasteiger partial charge in [-0.2, -0.15) is 0 Å². The van der Waals surface area contributed by atoms with Crippen LogP contribution in [0.5, 0.6) is 5.75 Å². The Hall–Kier alpha value is -1.10. The molecule has 1 aromatic carbocycles. The zero-order valence-electron chi connectivity index (χ0n) is 11.3. The molecule has 0 aliphatic heterocycles. The van der Waals surface area contributed by atoms with Crippen LogP contribution in [0.4, 0.5) is 0 Å². The van der Waals surface area contributed by atoms with Crippen molar-refractivity contribution in [3.05, 3.63) is 57.3 Å². The molecule has 110 valence electrons. The Morgan fingerprint density at radius 3 is 2.71 bits per heavy atom. The summed E-state index contributed by atoms with van der Waals surface area (Å²) in [7, 11) is 0. The van der Waals surface area contributed by atoms with E-state index in [2.05, 4.69) is 33.0 Å². The van der Waals surface area contributed by atoms with Gasteiger partial charge >= 0.3 is 0 Å². The third-order valence-electron chi connectivity index (χ3n) is 3.54. The number of nitrogens with zero attached hydrogens (tertiary/aromatic N) is 1. The third-order valence-corrected chi connectivity index (χ3v) is 4.26. The number of ether oxygens (including phenoxy) is 1. The minimum Gasteiger partial charge on any atom is -0.487 e. The summed E-state index contributed by atoms with van der Waals surface area (Å²) in [5.41, 5.74) is 2.20. The van der Waals surface area contributed by atoms with Gasteiger partial charge in [0.1, 0.15) is 12.7 Å². The first-order valence-electron chi connectivity index (χ1n) is 6.85. The molecule has 1 atom stereocenters. The molecule has 1 N–H and O–H groups in total. The van der Waals surface area contributed by atoms with Crippen LogP contribution in [0.15, 0.2) is 41.0 Å². The lowest BCUT2D eigenvalue weighted by Gasteiger charge is -2.14. The molecule has 2 aromatic rings. The maximum absolute atomic E-state index is 10.2. The second-order valence-corrected chi connectivity index (χ2v) is 6.48. The van der Waals surface area contributed by atoms with Gasteiger partial charge in [-0.25, -0.2) is 4.98 Å². The molecule has 1 aliphatic carbocycles. The highest BCUT2D eigenvalue weighted by atomic mass is 79.9. The van der Waals surface area contributed by atoms with Crippen LogP contribution in [0.2, 0.25) is 5.15 Å². The summed E-state index contributed by atoms with van der Waals surface area (Å²) >= 11 is 9.26. The first kappa shape index (κ1) is 14.8. The van der Waals surface area contributed by atoms with Crippen LogP contribution in [0, 0.1) is 0 Å². The van der Waals surface area contributed by atoms with Crippen molar-refractivity contribution < 1.29 is 9.84 Å². The summed E-state index contributed by atoms with van der Waals surface area (Å²) in [6.07, 6.45) is 3.47. The lowest BCUT2D eigenvalue weighted by Crippen LogP contribution is -2.10. The molecular weight excluding hydrogens is 354 g/mol. The number of aromatic nitrogens is 1. The SMILES string of the molecule is OC(COc1cc(Br)cnc1Cl)c1ccc(C2CC2)cc1. The van der Waals surface area contributed by atoms with Crippen LogP contribution in [-0.2, 0) is 0 Å². The molecular formula is C16H15BrClNO2. The van der Waals surface area contributed by atoms with Crippen LogP contribution < -0.4 is 4.74 Å². The van der Waals surface area contributed by atoms with E-state index >= 15 is 0 Å². The van der Waals surface area contributed by atoms with E-state index in [0.29, 0.717) is 5.75 Å².